The van der Waals surface area contributed by atoms with E-state index < -0.39 is 43.1 Å². The molecule has 9 heteroatoms. The number of hydrogen-bond acceptors (Lipinski definition) is 9. The number of aliphatic hydroxyl groups is 2. The van der Waals surface area contributed by atoms with E-state index in [0.717, 1.165) is 5.56 Å². The monoisotopic (exact) mass is 394 g/mol. The second kappa shape index (κ2) is 6.69. The molecule has 1 aromatic carbocycles. The van der Waals surface area contributed by atoms with Gasteiger partial charge in [-0.3, -0.25) is 0 Å². The van der Waals surface area contributed by atoms with E-state index in [9.17, 15) is 10.2 Å². The van der Waals surface area contributed by atoms with Gasteiger partial charge in [0, 0.05) is 5.56 Å². The van der Waals surface area contributed by atoms with Crippen molar-refractivity contribution in [1.82, 2.24) is 0 Å². The van der Waals surface area contributed by atoms with Crippen molar-refractivity contribution in [1.29, 1.82) is 0 Å². The quantitative estimate of drug-likeness (QED) is 0.653. The number of fused-ring (bicyclic) bond motifs is 5. The summed E-state index contributed by atoms with van der Waals surface area (Å²) < 4.78 is 40.4. The van der Waals surface area contributed by atoms with E-state index in [1.807, 2.05) is 30.3 Å². The first-order chi connectivity index (χ1) is 13.7. The van der Waals surface area contributed by atoms with E-state index in [-0.39, 0.29) is 31.2 Å². The smallest absolute Gasteiger partial charge is 0.187 e. The van der Waals surface area contributed by atoms with E-state index >= 15 is 0 Å². The maximum Gasteiger partial charge on any atom is 0.187 e. The SMILES string of the molecule is OC1[C@H](O[C@@H]2C3CO[C@H](O3)C3O[C@@H]32)O[C@H]2COC(c3ccccc3)O[C@H]2[C@@H]1O. The average Bonchev–Trinajstić information content (AvgIpc) is 3.42. The van der Waals surface area contributed by atoms with Gasteiger partial charge in [-0.1, -0.05) is 30.3 Å². The molecule has 11 atom stereocenters. The van der Waals surface area contributed by atoms with Gasteiger partial charge >= 0.3 is 0 Å². The van der Waals surface area contributed by atoms with Gasteiger partial charge in [-0.25, -0.2) is 0 Å². The molecule has 0 saturated carbocycles. The zero-order valence-corrected chi connectivity index (χ0v) is 14.9. The van der Waals surface area contributed by atoms with Crippen molar-refractivity contribution in [2.45, 2.75) is 67.7 Å². The molecular formula is C19H22O9. The Morgan fingerprint density at radius 2 is 1.61 bits per heavy atom. The highest BCUT2D eigenvalue weighted by Crippen LogP contribution is 2.44. The Hall–Kier alpha value is -1.14. The van der Waals surface area contributed by atoms with Crippen LogP contribution < -0.4 is 0 Å². The van der Waals surface area contributed by atoms with Crippen LogP contribution in [-0.4, -0.2) is 84.8 Å². The normalized spacial score (nSPS) is 52.0. The summed E-state index contributed by atoms with van der Waals surface area (Å²) in [7, 11) is 0. The molecule has 4 unspecified atom stereocenters. The predicted octanol–water partition coefficient (Wildman–Crippen LogP) is -0.545. The van der Waals surface area contributed by atoms with Gasteiger partial charge in [0.1, 0.15) is 48.8 Å². The summed E-state index contributed by atoms with van der Waals surface area (Å²) in [6, 6.07) is 9.44. The van der Waals surface area contributed by atoms with Gasteiger partial charge in [0.25, 0.3) is 0 Å². The lowest BCUT2D eigenvalue weighted by atomic mass is 9.97. The minimum atomic E-state index is -1.27. The number of aliphatic hydroxyl groups excluding tert-OH is 2. The summed E-state index contributed by atoms with van der Waals surface area (Å²) in [4.78, 5) is 0. The van der Waals surface area contributed by atoms with Crippen LogP contribution in [0, 0.1) is 0 Å². The number of epoxide rings is 1. The van der Waals surface area contributed by atoms with Gasteiger partial charge in [0.2, 0.25) is 0 Å². The Labute approximate surface area is 161 Å². The zero-order chi connectivity index (χ0) is 18.8. The largest absolute Gasteiger partial charge is 0.387 e. The minimum absolute atomic E-state index is 0.141. The van der Waals surface area contributed by atoms with E-state index in [1.54, 1.807) is 0 Å². The Morgan fingerprint density at radius 1 is 0.786 bits per heavy atom. The molecule has 0 radical (unpaired) electrons. The summed E-state index contributed by atoms with van der Waals surface area (Å²) in [5.74, 6) is 0. The Morgan fingerprint density at radius 3 is 2.46 bits per heavy atom. The van der Waals surface area contributed by atoms with Crippen LogP contribution in [0.25, 0.3) is 0 Å². The van der Waals surface area contributed by atoms with Crippen LogP contribution in [0.2, 0.25) is 0 Å². The Balaban J connectivity index is 1.15. The summed E-state index contributed by atoms with van der Waals surface area (Å²) in [6.07, 6.45) is -6.70. The van der Waals surface area contributed by atoms with E-state index in [0.29, 0.717) is 6.61 Å². The van der Waals surface area contributed by atoms with Gasteiger partial charge in [0.05, 0.1) is 13.2 Å². The van der Waals surface area contributed by atoms with E-state index in [4.69, 9.17) is 33.2 Å². The molecule has 0 amide bonds. The molecule has 2 N–H and O–H groups in total. The maximum atomic E-state index is 10.7. The standard InChI is InChI=1S/C19H22O9/c20-11-12(21)18(28-14-10-7-23-19(25-10)16-15(14)26-16)24-9-6-22-17(27-13(9)11)8-4-2-1-3-5-8/h1-5,9-21H,6-7H2/t9-,10?,11+,12?,13+,14+,15+,16?,17?,18-,19+/m0/s1. The molecule has 9 nitrogen and oxygen atoms in total. The van der Waals surface area contributed by atoms with Gasteiger partial charge in [0.15, 0.2) is 18.9 Å². The Kier molecular flexibility index (Phi) is 4.23. The van der Waals surface area contributed by atoms with Crippen molar-refractivity contribution in [2.75, 3.05) is 13.2 Å². The Bertz CT molecular complexity index is 715. The molecular weight excluding hydrogens is 372 g/mol. The molecule has 5 aliphatic heterocycles. The summed E-state index contributed by atoms with van der Waals surface area (Å²) in [5, 5.41) is 21.3. The van der Waals surface area contributed by atoms with Crippen LogP contribution in [0.15, 0.2) is 30.3 Å². The molecule has 0 aliphatic carbocycles. The molecule has 0 spiro atoms. The second-order valence-electron chi connectivity index (χ2n) is 7.74. The fourth-order valence-corrected chi connectivity index (χ4v) is 4.41. The zero-order valence-electron chi connectivity index (χ0n) is 14.9. The lowest BCUT2D eigenvalue weighted by Gasteiger charge is -2.47. The van der Waals surface area contributed by atoms with E-state index in [2.05, 4.69) is 0 Å². The summed E-state index contributed by atoms with van der Waals surface area (Å²) in [6.45, 7) is 0.625. The summed E-state index contributed by atoms with van der Waals surface area (Å²) >= 11 is 0. The van der Waals surface area contributed by atoms with Crippen LogP contribution >= 0.6 is 0 Å². The van der Waals surface area contributed by atoms with Crippen molar-refractivity contribution >= 4 is 0 Å². The fraction of sp³-hybridized carbons (Fsp3) is 0.684. The third kappa shape index (κ3) is 2.82. The van der Waals surface area contributed by atoms with Crippen LogP contribution in [0.4, 0.5) is 0 Å². The lowest BCUT2D eigenvalue weighted by molar-refractivity contribution is -0.369. The maximum absolute atomic E-state index is 10.7. The first-order valence-electron chi connectivity index (χ1n) is 9.60. The molecule has 0 aromatic heterocycles. The number of benzene rings is 1. The van der Waals surface area contributed by atoms with E-state index in [1.165, 1.54) is 0 Å². The third-order valence-electron chi connectivity index (χ3n) is 5.95. The minimum Gasteiger partial charge on any atom is -0.387 e. The highest BCUT2D eigenvalue weighted by Gasteiger charge is 2.63. The van der Waals surface area contributed by atoms with Crippen LogP contribution in [0.3, 0.4) is 0 Å². The fourth-order valence-electron chi connectivity index (χ4n) is 4.41. The van der Waals surface area contributed by atoms with Gasteiger partial charge in [-0.2, -0.15) is 0 Å². The molecule has 152 valence electrons. The molecule has 5 fully saturated rings. The second-order valence-corrected chi connectivity index (χ2v) is 7.74. The molecule has 28 heavy (non-hydrogen) atoms. The van der Waals surface area contributed by atoms with Crippen molar-refractivity contribution in [3.05, 3.63) is 35.9 Å². The molecule has 1 aromatic rings. The number of ether oxygens (including phenoxy) is 7. The molecule has 2 bridgehead atoms. The third-order valence-corrected chi connectivity index (χ3v) is 5.95. The van der Waals surface area contributed by atoms with Crippen molar-refractivity contribution < 1.29 is 43.4 Å². The molecule has 5 heterocycles. The number of rotatable bonds is 3. The van der Waals surface area contributed by atoms with Crippen LogP contribution in [-0.2, 0) is 33.2 Å². The number of hydrogen-bond donors (Lipinski definition) is 2. The molecule has 5 saturated heterocycles. The summed E-state index contributed by atoms with van der Waals surface area (Å²) in [5.41, 5.74) is 0.841. The van der Waals surface area contributed by atoms with Crippen LogP contribution in [0.5, 0.6) is 0 Å². The lowest BCUT2D eigenvalue weighted by Crippen LogP contribution is -2.63. The van der Waals surface area contributed by atoms with Crippen molar-refractivity contribution in [3.63, 3.8) is 0 Å². The van der Waals surface area contributed by atoms with Crippen molar-refractivity contribution in [2.24, 2.45) is 0 Å². The first-order valence-corrected chi connectivity index (χ1v) is 9.60. The van der Waals surface area contributed by atoms with Gasteiger partial charge in [-0.15, -0.1) is 0 Å². The predicted molar refractivity (Wildman–Crippen MR) is 88.8 cm³/mol. The van der Waals surface area contributed by atoms with Gasteiger partial charge < -0.3 is 43.4 Å². The molecule has 5 aliphatic rings. The average molecular weight is 394 g/mol. The van der Waals surface area contributed by atoms with Gasteiger partial charge in [-0.05, 0) is 0 Å². The highest BCUT2D eigenvalue weighted by atomic mass is 16.8. The van der Waals surface area contributed by atoms with Crippen LogP contribution in [0.1, 0.15) is 11.9 Å². The molecule has 6 rings (SSSR count). The highest BCUT2D eigenvalue weighted by molar-refractivity contribution is 5.16. The first kappa shape index (κ1) is 17.7. The topological polar surface area (TPSA) is 108 Å². The van der Waals surface area contributed by atoms with Crippen molar-refractivity contribution in [3.8, 4) is 0 Å².